The van der Waals surface area contributed by atoms with Crippen LogP contribution in [0.4, 0.5) is 0 Å². The van der Waals surface area contributed by atoms with Crippen LogP contribution in [0.2, 0.25) is 0 Å². The van der Waals surface area contributed by atoms with E-state index in [1.807, 2.05) is 0 Å². The molecule has 0 aromatic rings. The molecule has 2 unspecified atom stereocenters. The van der Waals surface area contributed by atoms with Crippen LogP contribution in [0, 0.1) is 11.8 Å². The molecule has 88 valence electrons. The average Bonchev–Trinajstić information content (AvgIpc) is 2.18. The summed E-state index contributed by atoms with van der Waals surface area (Å²) in [7, 11) is 0. The predicted molar refractivity (Wildman–Crippen MR) is 68.1 cm³/mol. The van der Waals surface area contributed by atoms with E-state index in [2.05, 4.69) is 32.3 Å². The van der Waals surface area contributed by atoms with E-state index >= 15 is 0 Å². The summed E-state index contributed by atoms with van der Waals surface area (Å²) in [5.74, 6) is 1.78. The normalized spacial score (nSPS) is 30.3. The minimum atomic E-state index is 0.852. The highest BCUT2D eigenvalue weighted by molar-refractivity contribution is 4.92. The van der Waals surface area contributed by atoms with Crippen molar-refractivity contribution in [3.8, 4) is 0 Å². The molecule has 0 radical (unpaired) electrons. The van der Waals surface area contributed by atoms with Crippen molar-refractivity contribution in [1.82, 2.24) is 4.90 Å². The van der Waals surface area contributed by atoms with Crippen molar-refractivity contribution < 1.29 is 0 Å². The highest BCUT2D eigenvalue weighted by atomic mass is 15.1. The summed E-state index contributed by atoms with van der Waals surface area (Å²) in [6.07, 6.45) is 5.58. The first-order chi connectivity index (χ1) is 7.08. The standard InChI is InChI=1S/C14H27N/c1-12(2)10-15-9-5-6-13(3)7-8-14(4)11-15/h13-14H,1,5-11H2,2-4H3. The number of nitrogens with zero attached hydrogens (tertiary/aromatic N) is 1. The van der Waals surface area contributed by atoms with Gasteiger partial charge in [-0.05, 0) is 44.6 Å². The van der Waals surface area contributed by atoms with Gasteiger partial charge in [0.05, 0.1) is 0 Å². The van der Waals surface area contributed by atoms with Gasteiger partial charge >= 0.3 is 0 Å². The summed E-state index contributed by atoms with van der Waals surface area (Å²) in [6.45, 7) is 14.6. The van der Waals surface area contributed by atoms with Crippen LogP contribution in [0.3, 0.4) is 0 Å². The van der Waals surface area contributed by atoms with E-state index < -0.39 is 0 Å². The molecule has 1 aliphatic rings. The van der Waals surface area contributed by atoms with Crippen molar-refractivity contribution in [1.29, 1.82) is 0 Å². The Hall–Kier alpha value is -0.300. The Labute approximate surface area is 95.5 Å². The molecule has 0 N–H and O–H groups in total. The third-order valence-electron chi connectivity index (χ3n) is 3.39. The maximum atomic E-state index is 4.03. The lowest BCUT2D eigenvalue weighted by molar-refractivity contribution is 0.253. The second kappa shape index (κ2) is 6.32. The zero-order valence-corrected chi connectivity index (χ0v) is 10.8. The van der Waals surface area contributed by atoms with Crippen molar-refractivity contribution in [3.63, 3.8) is 0 Å². The molecule has 0 bridgehead atoms. The van der Waals surface area contributed by atoms with E-state index in [0.717, 1.165) is 18.4 Å². The van der Waals surface area contributed by atoms with Crippen LogP contribution in [0.25, 0.3) is 0 Å². The first-order valence-electron chi connectivity index (χ1n) is 6.44. The second-order valence-electron chi connectivity index (χ2n) is 5.62. The van der Waals surface area contributed by atoms with Crippen molar-refractivity contribution in [2.75, 3.05) is 19.6 Å². The first-order valence-corrected chi connectivity index (χ1v) is 6.44. The van der Waals surface area contributed by atoms with Gasteiger partial charge in [0.1, 0.15) is 0 Å². The topological polar surface area (TPSA) is 3.24 Å². The molecule has 0 saturated carbocycles. The van der Waals surface area contributed by atoms with Crippen LogP contribution >= 0.6 is 0 Å². The van der Waals surface area contributed by atoms with Crippen LogP contribution in [0.5, 0.6) is 0 Å². The molecule has 2 atom stereocenters. The van der Waals surface area contributed by atoms with Gasteiger partial charge in [0.2, 0.25) is 0 Å². The summed E-state index contributed by atoms with van der Waals surface area (Å²) in [6, 6.07) is 0. The second-order valence-corrected chi connectivity index (χ2v) is 5.62. The molecule has 1 heteroatoms. The molecule has 1 rings (SSSR count). The Morgan fingerprint density at radius 3 is 2.53 bits per heavy atom. The van der Waals surface area contributed by atoms with Crippen molar-refractivity contribution in [3.05, 3.63) is 12.2 Å². The van der Waals surface area contributed by atoms with E-state index in [1.165, 1.54) is 44.3 Å². The fourth-order valence-electron chi connectivity index (χ4n) is 2.53. The van der Waals surface area contributed by atoms with E-state index in [4.69, 9.17) is 0 Å². The van der Waals surface area contributed by atoms with Gasteiger partial charge in [-0.3, -0.25) is 4.90 Å². The Morgan fingerprint density at radius 1 is 1.20 bits per heavy atom. The molecule has 1 fully saturated rings. The lowest BCUT2D eigenvalue weighted by Crippen LogP contribution is -2.30. The lowest BCUT2D eigenvalue weighted by Gasteiger charge is -2.24. The minimum absolute atomic E-state index is 0.852. The van der Waals surface area contributed by atoms with Gasteiger partial charge in [0, 0.05) is 13.1 Å². The summed E-state index contributed by atoms with van der Waals surface area (Å²) in [5, 5.41) is 0. The number of hydrogen-bond donors (Lipinski definition) is 0. The van der Waals surface area contributed by atoms with Crippen LogP contribution in [-0.4, -0.2) is 24.5 Å². The van der Waals surface area contributed by atoms with E-state index in [1.54, 1.807) is 0 Å². The molecule has 15 heavy (non-hydrogen) atoms. The monoisotopic (exact) mass is 209 g/mol. The van der Waals surface area contributed by atoms with E-state index in [9.17, 15) is 0 Å². The summed E-state index contributed by atoms with van der Waals surface area (Å²) in [4.78, 5) is 2.59. The predicted octanol–water partition coefficient (Wildman–Crippen LogP) is 3.71. The van der Waals surface area contributed by atoms with Gasteiger partial charge in [-0.1, -0.05) is 32.4 Å². The third kappa shape index (κ3) is 5.36. The highest BCUT2D eigenvalue weighted by Crippen LogP contribution is 2.20. The fraction of sp³-hybridized carbons (Fsp3) is 0.857. The third-order valence-corrected chi connectivity index (χ3v) is 3.39. The molecule has 1 saturated heterocycles. The molecule has 1 nitrogen and oxygen atoms in total. The van der Waals surface area contributed by atoms with Crippen molar-refractivity contribution in [2.45, 2.75) is 46.5 Å². The SMILES string of the molecule is C=C(C)CN1CCCC(C)CCC(C)C1. The van der Waals surface area contributed by atoms with E-state index in [0.29, 0.717) is 0 Å². The van der Waals surface area contributed by atoms with Crippen molar-refractivity contribution in [2.24, 2.45) is 11.8 Å². The van der Waals surface area contributed by atoms with Crippen LogP contribution in [0.1, 0.15) is 46.5 Å². The first kappa shape index (κ1) is 12.8. The number of rotatable bonds is 2. The van der Waals surface area contributed by atoms with E-state index in [-0.39, 0.29) is 0 Å². The van der Waals surface area contributed by atoms with Gasteiger partial charge in [-0.25, -0.2) is 0 Å². The van der Waals surface area contributed by atoms with Crippen LogP contribution < -0.4 is 0 Å². The van der Waals surface area contributed by atoms with Gasteiger partial charge in [-0.2, -0.15) is 0 Å². The van der Waals surface area contributed by atoms with Gasteiger partial charge in [0.25, 0.3) is 0 Å². The average molecular weight is 209 g/mol. The Kier molecular flexibility index (Phi) is 5.38. The molecule has 0 aromatic carbocycles. The zero-order chi connectivity index (χ0) is 11.3. The highest BCUT2D eigenvalue weighted by Gasteiger charge is 2.15. The largest absolute Gasteiger partial charge is 0.299 e. The molecule has 0 aliphatic carbocycles. The molecule has 0 spiro atoms. The summed E-state index contributed by atoms with van der Waals surface area (Å²) >= 11 is 0. The minimum Gasteiger partial charge on any atom is -0.299 e. The smallest absolute Gasteiger partial charge is 0.0187 e. The molecule has 0 aromatic heterocycles. The Balaban J connectivity index is 2.45. The maximum Gasteiger partial charge on any atom is 0.0187 e. The molecule has 1 heterocycles. The molecule has 1 aliphatic heterocycles. The van der Waals surface area contributed by atoms with Crippen LogP contribution in [-0.2, 0) is 0 Å². The molecular weight excluding hydrogens is 182 g/mol. The fourth-order valence-corrected chi connectivity index (χ4v) is 2.53. The summed E-state index contributed by atoms with van der Waals surface area (Å²) in [5.41, 5.74) is 1.30. The maximum absolute atomic E-state index is 4.03. The zero-order valence-electron chi connectivity index (χ0n) is 10.8. The molecule has 0 amide bonds. The van der Waals surface area contributed by atoms with Gasteiger partial charge in [-0.15, -0.1) is 0 Å². The Bertz CT molecular complexity index is 198. The van der Waals surface area contributed by atoms with Crippen LogP contribution in [0.15, 0.2) is 12.2 Å². The summed E-state index contributed by atoms with van der Waals surface area (Å²) < 4.78 is 0. The van der Waals surface area contributed by atoms with Gasteiger partial charge in [0.15, 0.2) is 0 Å². The van der Waals surface area contributed by atoms with Gasteiger partial charge < -0.3 is 0 Å². The quantitative estimate of drug-likeness (QED) is 0.627. The Morgan fingerprint density at radius 2 is 1.87 bits per heavy atom. The molecular formula is C14H27N. The lowest BCUT2D eigenvalue weighted by atomic mass is 9.96. The number of hydrogen-bond acceptors (Lipinski definition) is 1. The van der Waals surface area contributed by atoms with Crippen molar-refractivity contribution >= 4 is 0 Å².